The van der Waals surface area contributed by atoms with Gasteiger partial charge in [0, 0.05) is 11.4 Å². The largest absolute Gasteiger partial charge is 0.354 e. The van der Waals surface area contributed by atoms with E-state index in [1.807, 2.05) is 18.2 Å². The van der Waals surface area contributed by atoms with Crippen LogP contribution in [0.25, 0.3) is 0 Å². The van der Waals surface area contributed by atoms with Gasteiger partial charge in [0.15, 0.2) is 0 Å². The lowest BCUT2D eigenvalue weighted by Gasteiger charge is -2.22. The van der Waals surface area contributed by atoms with Crippen LogP contribution < -0.4 is 10.6 Å². The van der Waals surface area contributed by atoms with Gasteiger partial charge in [-0.25, -0.2) is 0 Å². The molecule has 2 N–H and O–H groups in total. The van der Waals surface area contributed by atoms with Crippen molar-refractivity contribution in [3.8, 4) is 0 Å². The zero-order valence-corrected chi connectivity index (χ0v) is 11.9. The van der Waals surface area contributed by atoms with Crippen LogP contribution in [0.15, 0.2) is 29.2 Å². The van der Waals surface area contributed by atoms with Gasteiger partial charge in [0.25, 0.3) is 0 Å². The van der Waals surface area contributed by atoms with E-state index >= 15 is 0 Å². The number of amides is 2. The fraction of sp³-hybridized carbons (Fsp3) is 0.385. The minimum absolute atomic E-state index is 0.0951. The lowest BCUT2D eigenvalue weighted by molar-refractivity contribution is -0.129. The Balaban J connectivity index is 1.81. The molecule has 6 heteroatoms. The molecule has 1 fully saturated rings. The summed E-state index contributed by atoms with van der Waals surface area (Å²) in [5.41, 5.74) is 0. The fourth-order valence-corrected chi connectivity index (χ4v) is 2.90. The highest BCUT2D eigenvalue weighted by atomic mass is 35.5. The molecule has 1 atom stereocenters. The topological polar surface area (TPSA) is 58.2 Å². The Hall–Kier alpha value is -1.20. The monoisotopic (exact) mass is 298 g/mol. The Morgan fingerprint density at radius 3 is 3.00 bits per heavy atom. The maximum Gasteiger partial charge on any atom is 0.242 e. The van der Waals surface area contributed by atoms with Gasteiger partial charge < -0.3 is 10.6 Å². The molecule has 4 nitrogen and oxygen atoms in total. The standard InChI is InChI=1S/C13H15ClN2O2S/c14-9-4-1-2-6-11(9)19-8-12(17)16-10-5-3-7-15-13(10)18/h1-2,4,6,10H,3,5,7-8H2,(H,15,18)(H,16,17)/t10-/m1/s1. The van der Waals surface area contributed by atoms with Crippen LogP contribution in [-0.2, 0) is 9.59 Å². The summed E-state index contributed by atoms with van der Waals surface area (Å²) in [4.78, 5) is 24.2. The number of benzene rings is 1. The molecule has 1 saturated heterocycles. The predicted molar refractivity (Wildman–Crippen MR) is 76.4 cm³/mol. The summed E-state index contributed by atoms with van der Waals surface area (Å²) in [5, 5.41) is 6.12. The van der Waals surface area contributed by atoms with Crippen molar-refractivity contribution in [3.05, 3.63) is 29.3 Å². The molecule has 0 unspecified atom stereocenters. The van der Waals surface area contributed by atoms with Crippen molar-refractivity contribution in [2.24, 2.45) is 0 Å². The number of nitrogens with one attached hydrogen (secondary N) is 2. The SMILES string of the molecule is O=C(CSc1ccccc1Cl)N[C@@H]1CCCNC1=O. The second kappa shape index (κ2) is 6.82. The quantitative estimate of drug-likeness (QED) is 0.834. The van der Waals surface area contributed by atoms with Crippen molar-refractivity contribution in [1.82, 2.24) is 10.6 Å². The Bertz CT molecular complexity index is 481. The third-order valence-electron chi connectivity index (χ3n) is 2.82. The molecule has 19 heavy (non-hydrogen) atoms. The van der Waals surface area contributed by atoms with Crippen molar-refractivity contribution in [2.45, 2.75) is 23.8 Å². The lowest BCUT2D eigenvalue weighted by atomic mass is 10.1. The van der Waals surface area contributed by atoms with E-state index in [9.17, 15) is 9.59 Å². The van der Waals surface area contributed by atoms with E-state index in [2.05, 4.69) is 10.6 Å². The predicted octanol–water partition coefficient (Wildman–Crippen LogP) is 1.83. The first-order chi connectivity index (χ1) is 9.16. The Morgan fingerprint density at radius 2 is 2.26 bits per heavy atom. The summed E-state index contributed by atoms with van der Waals surface area (Å²) in [6, 6.07) is 6.98. The maximum absolute atomic E-state index is 11.8. The van der Waals surface area contributed by atoms with Gasteiger partial charge in [-0.2, -0.15) is 0 Å². The van der Waals surface area contributed by atoms with Crippen molar-refractivity contribution >= 4 is 35.2 Å². The van der Waals surface area contributed by atoms with E-state index in [1.165, 1.54) is 11.8 Å². The zero-order chi connectivity index (χ0) is 13.7. The molecule has 1 heterocycles. The van der Waals surface area contributed by atoms with Gasteiger partial charge in [0.05, 0.1) is 10.8 Å². The zero-order valence-electron chi connectivity index (χ0n) is 10.3. The van der Waals surface area contributed by atoms with Gasteiger partial charge >= 0.3 is 0 Å². The van der Waals surface area contributed by atoms with Crippen molar-refractivity contribution < 1.29 is 9.59 Å². The first kappa shape index (κ1) is 14.2. The normalized spacial score (nSPS) is 18.8. The number of thioether (sulfide) groups is 1. The van der Waals surface area contributed by atoms with Crippen LogP contribution in [0, 0.1) is 0 Å². The Morgan fingerprint density at radius 1 is 1.47 bits per heavy atom. The van der Waals surface area contributed by atoms with Gasteiger partial charge in [-0.3, -0.25) is 9.59 Å². The van der Waals surface area contributed by atoms with Gasteiger partial charge in [0.1, 0.15) is 6.04 Å². The summed E-state index contributed by atoms with van der Waals surface area (Å²) in [7, 11) is 0. The highest BCUT2D eigenvalue weighted by Crippen LogP contribution is 2.26. The summed E-state index contributed by atoms with van der Waals surface area (Å²) in [6.07, 6.45) is 1.60. The summed E-state index contributed by atoms with van der Waals surface area (Å²) < 4.78 is 0. The van der Waals surface area contributed by atoms with Crippen LogP contribution in [-0.4, -0.2) is 30.2 Å². The van der Waals surface area contributed by atoms with E-state index in [-0.39, 0.29) is 17.6 Å². The van der Waals surface area contributed by atoms with Crippen molar-refractivity contribution in [1.29, 1.82) is 0 Å². The van der Waals surface area contributed by atoms with E-state index < -0.39 is 6.04 Å². The lowest BCUT2D eigenvalue weighted by Crippen LogP contribution is -2.50. The number of halogens is 1. The number of rotatable bonds is 4. The molecule has 2 rings (SSSR count). The molecule has 0 aromatic heterocycles. The van der Waals surface area contributed by atoms with Crippen molar-refractivity contribution in [3.63, 3.8) is 0 Å². The van der Waals surface area contributed by atoms with E-state index in [4.69, 9.17) is 11.6 Å². The second-order valence-electron chi connectivity index (χ2n) is 4.27. The van der Waals surface area contributed by atoms with Crippen LogP contribution in [0.1, 0.15) is 12.8 Å². The second-order valence-corrected chi connectivity index (χ2v) is 5.70. The summed E-state index contributed by atoms with van der Waals surface area (Å²) in [6.45, 7) is 0.694. The molecular weight excluding hydrogens is 284 g/mol. The smallest absolute Gasteiger partial charge is 0.242 e. The van der Waals surface area contributed by atoms with Crippen molar-refractivity contribution in [2.75, 3.05) is 12.3 Å². The first-order valence-corrected chi connectivity index (χ1v) is 7.47. The van der Waals surface area contributed by atoms with Gasteiger partial charge in [0.2, 0.25) is 11.8 Å². The van der Waals surface area contributed by atoms with Gasteiger partial charge in [-0.1, -0.05) is 23.7 Å². The van der Waals surface area contributed by atoms with Gasteiger partial charge in [-0.05, 0) is 25.0 Å². The number of carbonyl (C=O) groups is 2. The van der Waals surface area contributed by atoms with E-state index in [0.29, 0.717) is 18.0 Å². The molecule has 1 aliphatic rings. The third-order valence-corrected chi connectivity index (χ3v) is 4.33. The fourth-order valence-electron chi connectivity index (χ4n) is 1.85. The number of piperidine rings is 1. The van der Waals surface area contributed by atoms with Gasteiger partial charge in [-0.15, -0.1) is 11.8 Å². The molecule has 1 aromatic rings. The van der Waals surface area contributed by atoms with Crippen LogP contribution in [0.2, 0.25) is 5.02 Å². The highest BCUT2D eigenvalue weighted by molar-refractivity contribution is 8.00. The van der Waals surface area contributed by atoms with Crippen LogP contribution in [0.5, 0.6) is 0 Å². The Labute approximate surface area is 121 Å². The molecule has 102 valence electrons. The minimum Gasteiger partial charge on any atom is -0.354 e. The van der Waals surface area contributed by atoms with Crippen LogP contribution in [0.4, 0.5) is 0 Å². The molecule has 0 spiro atoms. The number of hydrogen-bond donors (Lipinski definition) is 2. The van der Waals surface area contributed by atoms with E-state index in [0.717, 1.165) is 11.3 Å². The molecule has 0 bridgehead atoms. The minimum atomic E-state index is -0.395. The summed E-state index contributed by atoms with van der Waals surface area (Å²) >= 11 is 7.38. The third kappa shape index (κ3) is 4.14. The molecule has 1 aliphatic heterocycles. The number of hydrogen-bond acceptors (Lipinski definition) is 3. The average Bonchev–Trinajstić information content (AvgIpc) is 2.40. The summed E-state index contributed by atoms with van der Waals surface area (Å²) in [5.74, 6) is 0.0161. The average molecular weight is 299 g/mol. The molecule has 1 aromatic carbocycles. The molecule has 2 amide bonds. The highest BCUT2D eigenvalue weighted by Gasteiger charge is 2.23. The maximum atomic E-state index is 11.8. The molecular formula is C13H15ClN2O2S. The van der Waals surface area contributed by atoms with E-state index in [1.54, 1.807) is 6.07 Å². The first-order valence-electron chi connectivity index (χ1n) is 6.11. The molecule has 0 aliphatic carbocycles. The molecule has 0 saturated carbocycles. The van der Waals surface area contributed by atoms with Crippen LogP contribution >= 0.6 is 23.4 Å². The number of carbonyl (C=O) groups excluding carboxylic acids is 2. The Kier molecular flexibility index (Phi) is 5.10. The molecule has 0 radical (unpaired) electrons. The van der Waals surface area contributed by atoms with Crippen LogP contribution in [0.3, 0.4) is 0 Å².